The van der Waals surface area contributed by atoms with Crippen LogP contribution in [-0.4, -0.2) is 26.7 Å². The Balaban J connectivity index is 1.73. The number of fused-ring (bicyclic) bond motifs is 1. The van der Waals surface area contributed by atoms with Gasteiger partial charge < -0.3 is 14.4 Å². The molecule has 0 saturated carbocycles. The average molecular weight is 393 g/mol. The van der Waals surface area contributed by atoms with Crippen LogP contribution in [0.2, 0.25) is 0 Å². The molecule has 7 heteroatoms. The molecule has 1 aliphatic rings. The highest BCUT2D eigenvalue weighted by molar-refractivity contribution is 5.94. The second-order valence-electron chi connectivity index (χ2n) is 6.68. The Morgan fingerprint density at radius 1 is 1.07 bits per heavy atom. The predicted octanol–water partition coefficient (Wildman–Crippen LogP) is 4.63. The highest BCUT2D eigenvalue weighted by Crippen LogP contribution is 2.35. The van der Waals surface area contributed by atoms with Crippen LogP contribution < -0.4 is 14.4 Å². The summed E-state index contributed by atoms with van der Waals surface area (Å²) in [6.07, 6.45) is -2.43. The van der Waals surface area contributed by atoms with Gasteiger partial charge in [0, 0.05) is 18.7 Å². The van der Waals surface area contributed by atoms with Crippen molar-refractivity contribution in [1.82, 2.24) is 0 Å². The van der Waals surface area contributed by atoms with Crippen LogP contribution in [0.3, 0.4) is 0 Å². The lowest BCUT2D eigenvalue weighted by Gasteiger charge is -2.30. The molecule has 0 N–H and O–H groups in total. The van der Waals surface area contributed by atoms with E-state index in [-0.39, 0.29) is 12.3 Å². The molecular weight excluding hydrogens is 371 g/mol. The van der Waals surface area contributed by atoms with Gasteiger partial charge in [-0.3, -0.25) is 4.79 Å². The molecule has 2 aromatic carbocycles. The van der Waals surface area contributed by atoms with E-state index in [1.54, 1.807) is 25.2 Å². The lowest BCUT2D eigenvalue weighted by atomic mass is 9.98. The SMILES string of the molecule is COc1ccc(CCC(=O)N2CCCc3cc(C(F)(F)F)ccc32)cc1OC. The van der Waals surface area contributed by atoms with Crippen LogP contribution in [0.25, 0.3) is 0 Å². The first-order valence-corrected chi connectivity index (χ1v) is 9.05. The minimum atomic E-state index is -4.38. The number of methoxy groups -OCH3 is 2. The normalized spacial score (nSPS) is 13.8. The van der Waals surface area contributed by atoms with Crippen molar-refractivity contribution >= 4 is 11.6 Å². The maximum Gasteiger partial charge on any atom is 0.416 e. The van der Waals surface area contributed by atoms with E-state index in [1.807, 2.05) is 12.1 Å². The molecule has 1 heterocycles. The molecule has 0 fully saturated rings. The Morgan fingerprint density at radius 2 is 1.82 bits per heavy atom. The summed E-state index contributed by atoms with van der Waals surface area (Å²) in [5.41, 5.74) is 1.40. The van der Waals surface area contributed by atoms with Crippen LogP contribution in [0.5, 0.6) is 11.5 Å². The molecule has 0 radical (unpaired) electrons. The zero-order valence-electron chi connectivity index (χ0n) is 15.8. The zero-order valence-corrected chi connectivity index (χ0v) is 15.8. The third-order valence-electron chi connectivity index (χ3n) is 4.90. The highest BCUT2D eigenvalue weighted by atomic mass is 19.4. The smallest absolute Gasteiger partial charge is 0.416 e. The molecular formula is C21H22F3NO3. The molecule has 0 unspecified atom stereocenters. The van der Waals surface area contributed by atoms with E-state index in [0.29, 0.717) is 48.6 Å². The molecule has 28 heavy (non-hydrogen) atoms. The van der Waals surface area contributed by atoms with Crippen LogP contribution in [0.15, 0.2) is 36.4 Å². The fourth-order valence-electron chi connectivity index (χ4n) is 3.45. The minimum absolute atomic E-state index is 0.101. The number of halogens is 3. The van der Waals surface area contributed by atoms with Gasteiger partial charge in [-0.15, -0.1) is 0 Å². The number of aryl methyl sites for hydroxylation is 2. The number of nitrogens with zero attached hydrogens (tertiary/aromatic N) is 1. The number of ether oxygens (including phenoxy) is 2. The van der Waals surface area contributed by atoms with Gasteiger partial charge in [0.1, 0.15) is 0 Å². The van der Waals surface area contributed by atoms with Crippen molar-refractivity contribution < 1.29 is 27.4 Å². The highest BCUT2D eigenvalue weighted by Gasteiger charge is 2.32. The summed E-state index contributed by atoms with van der Waals surface area (Å²) in [6, 6.07) is 9.08. The van der Waals surface area contributed by atoms with Crippen LogP contribution in [0, 0.1) is 0 Å². The third kappa shape index (κ3) is 4.24. The van der Waals surface area contributed by atoms with Crippen LogP contribution in [0.4, 0.5) is 18.9 Å². The molecule has 1 aliphatic heterocycles. The molecule has 2 aromatic rings. The molecule has 0 aliphatic carbocycles. The average Bonchev–Trinajstić information content (AvgIpc) is 2.70. The summed E-state index contributed by atoms with van der Waals surface area (Å²) in [7, 11) is 3.10. The molecule has 0 aromatic heterocycles. The van der Waals surface area contributed by atoms with Gasteiger partial charge in [-0.2, -0.15) is 13.2 Å². The van der Waals surface area contributed by atoms with Gasteiger partial charge in [-0.05, 0) is 60.7 Å². The number of carbonyl (C=O) groups excluding carboxylic acids is 1. The first-order valence-electron chi connectivity index (χ1n) is 9.05. The lowest BCUT2D eigenvalue weighted by molar-refractivity contribution is -0.137. The Hall–Kier alpha value is -2.70. The van der Waals surface area contributed by atoms with Gasteiger partial charge in [0.2, 0.25) is 5.91 Å². The molecule has 1 amide bonds. The predicted molar refractivity (Wildman–Crippen MR) is 100.0 cm³/mol. The molecule has 0 bridgehead atoms. The van der Waals surface area contributed by atoms with Crippen molar-refractivity contribution in [2.45, 2.75) is 31.9 Å². The first kappa shape index (κ1) is 20.0. The van der Waals surface area contributed by atoms with E-state index < -0.39 is 11.7 Å². The summed E-state index contributed by atoms with van der Waals surface area (Å²) in [5, 5.41) is 0. The van der Waals surface area contributed by atoms with Crippen molar-refractivity contribution in [3.63, 3.8) is 0 Å². The van der Waals surface area contributed by atoms with Crippen molar-refractivity contribution in [3.8, 4) is 11.5 Å². The van der Waals surface area contributed by atoms with E-state index in [9.17, 15) is 18.0 Å². The molecule has 0 saturated heterocycles. The van der Waals surface area contributed by atoms with Gasteiger partial charge in [-0.25, -0.2) is 0 Å². The van der Waals surface area contributed by atoms with Gasteiger partial charge in [0.05, 0.1) is 19.8 Å². The first-order chi connectivity index (χ1) is 13.3. The van der Waals surface area contributed by atoms with Crippen molar-refractivity contribution in [1.29, 1.82) is 0 Å². The van der Waals surface area contributed by atoms with Gasteiger partial charge in [0.15, 0.2) is 11.5 Å². The van der Waals surface area contributed by atoms with Gasteiger partial charge >= 0.3 is 6.18 Å². The fraction of sp³-hybridized carbons (Fsp3) is 0.381. The number of anilines is 1. The van der Waals surface area contributed by atoms with Crippen LogP contribution >= 0.6 is 0 Å². The number of benzene rings is 2. The molecule has 0 spiro atoms. The summed E-state index contributed by atoms with van der Waals surface area (Å²) in [4.78, 5) is 14.3. The Kier molecular flexibility index (Phi) is 5.82. The number of carbonyl (C=O) groups is 1. The van der Waals surface area contributed by atoms with Crippen LogP contribution in [-0.2, 0) is 23.8 Å². The topological polar surface area (TPSA) is 38.8 Å². The second-order valence-corrected chi connectivity index (χ2v) is 6.68. The summed E-state index contributed by atoms with van der Waals surface area (Å²) >= 11 is 0. The van der Waals surface area contributed by atoms with E-state index in [4.69, 9.17) is 9.47 Å². The van der Waals surface area contributed by atoms with E-state index in [2.05, 4.69) is 0 Å². The zero-order chi connectivity index (χ0) is 20.3. The quantitative estimate of drug-likeness (QED) is 0.743. The number of amides is 1. The van der Waals surface area contributed by atoms with Crippen molar-refractivity contribution in [3.05, 3.63) is 53.1 Å². The van der Waals surface area contributed by atoms with E-state index in [0.717, 1.165) is 17.7 Å². The summed E-state index contributed by atoms with van der Waals surface area (Å²) in [5.74, 6) is 1.11. The summed E-state index contributed by atoms with van der Waals surface area (Å²) in [6.45, 7) is 0.517. The maximum absolute atomic E-state index is 12.9. The Bertz CT molecular complexity index is 864. The molecule has 150 valence electrons. The van der Waals surface area contributed by atoms with Crippen molar-refractivity contribution in [2.24, 2.45) is 0 Å². The number of hydrogen-bond acceptors (Lipinski definition) is 3. The minimum Gasteiger partial charge on any atom is -0.493 e. The number of rotatable bonds is 5. The summed E-state index contributed by atoms with van der Waals surface area (Å²) < 4.78 is 49.3. The van der Waals surface area contributed by atoms with Gasteiger partial charge in [-0.1, -0.05) is 6.07 Å². The Morgan fingerprint density at radius 3 is 2.50 bits per heavy atom. The van der Waals surface area contributed by atoms with Gasteiger partial charge in [0.25, 0.3) is 0 Å². The fourth-order valence-corrected chi connectivity index (χ4v) is 3.45. The maximum atomic E-state index is 12.9. The largest absolute Gasteiger partial charge is 0.493 e. The number of hydrogen-bond donors (Lipinski definition) is 0. The lowest BCUT2D eigenvalue weighted by Crippen LogP contribution is -2.35. The second kappa shape index (κ2) is 8.12. The van der Waals surface area contributed by atoms with E-state index >= 15 is 0 Å². The molecule has 0 atom stereocenters. The molecule has 3 rings (SSSR count). The Labute approximate surface area is 161 Å². The third-order valence-corrected chi connectivity index (χ3v) is 4.90. The molecule has 4 nitrogen and oxygen atoms in total. The number of alkyl halides is 3. The van der Waals surface area contributed by atoms with Crippen LogP contribution in [0.1, 0.15) is 29.5 Å². The monoisotopic (exact) mass is 393 g/mol. The van der Waals surface area contributed by atoms with Crippen molar-refractivity contribution in [2.75, 3.05) is 25.7 Å². The standard InChI is InChI=1S/C21H22F3NO3/c1-27-18-9-5-14(12-19(18)28-2)6-10-20(26)25-11-3-4-15-13-16(21(22,23)24)7-8-17(15)25/h5,7-9,12-13H,3-4,6,10-11H2,1-2H3. The van der Waals surface area contributed by atoms with E-state index in [1.165, 1.54) is 6.07 Å².